The van der Waals surface area contributed by atoms with Gasteiger partial charge in [-0.05, 0) is 30.7 Å². The third-order valence-corrected chi connectivity index (χ3v) is 4.15. The fourth-order valence-corrected chi connectivity index (χ4v) is 2.46. The Morgan fingerprint density at radius 3 is 2.62 bits per heavy atom. The lowest BCUT2D eigenvalue weighted by atomic mass is 10.2. The summed E-state index contributed by atoms with van der Waals surface area (Å²) in [6.07, 6.45) is 0. The molecule has 0 unspecified atom stereocenters. The molecule has 2 aromatic rings. The van der Waals surface area contributed by atoms with Crippen molar-refractivity contribution in [2.75, 3.05) is 17.7 Å². The van der Waals surface area contributed by atoms with Gasteiger partial charge in [-0.1, -0.05) is 29.3 Å². The van der Waals surface area contributed by atoms with E-state index in [0.717, 1.165) is 6.07 Å². The molecule has 3 N–H and O–H groups in total. The molecule has 0 aliphatic carbocycles. The number of esters is 1. The van der Waals surface area contributed by atoms with E-state index in [0.29, 0.717) is 5.56 Å². The van der Waals surface area contributed by atoms with E-state index in [1.807, 2.05) is 0 Å². The van der Waals surface area contributed by atoms with Crippen LogP contribution >= 0.6 is 23.2 Å². The van der Waals surface area contributed by atoms with Gasteiger partial charge in [0.2, 0.25) is 0 Å². The third-order valence-electron chi connectivity index (χ3n) is 3.35. The average Bonchev–Trinajstić information content (AvgIpc) is 2.60. The van der Waals surface area contributed by atoms with E-state index in [1.54, 1.807) is 19.1 Å². The Bertz CT molecular complexity index is 902. The Balaban J connectivity index is 2.04. The molecule has 0 saturated carbocycles. The summed E-state index contributed by atoms with van der Waals surface area (Å²) in [5.41, 5.74) is 5.74. The van der Waals surface area contributed by atoms with Crippen molar-refractivity contribution < 1.29 is 19.2 Å². The van der Waals surface area contributed by atoms with E-state index in [1.165, 1.54) is 12.1 Å². The number of nitrogen functional groups attached to an aromatic ring is 1. The molecule has 0 atom stereocenters. The molecule has 136 valence electrons. The van der Waals surface area contributed by atoms with Crippen molar-refractivity contribution in [2.24, 2.45) is 0 Å². The van der Waals surface area contributed by atoms with Crippen LogP contribution < -0.4 is 11.1 Å². The number of ether oxygens (including phenoxy) is 1. The van der Waals surface area contributed by atoms with E-state index in [2.05, 4.69) is 5.32 Å². The lowest BCUT2D eigenvalue weighted by Gasteiger charge is -2.11. The molecular formula is C16H13Cl2N3O5. The number of aryl methyl sites for hydroxylation is 1. The summed E-state index contributed by atoms with van der Waals surface area (Å²) < 4.78 is 4.85. The van der Waals surface area contributed by atoms with Crippen LogP contribution in [-0.2, 0) is 9.53 Å². The lowest BCUT2D eigenvalue weighted by Crippen LogP contribution is -2.21. The van der Waals surface area contributed by atoms with Gasteiger partial charge in [-0.2, -0.15) is 0 Å². The number of nitrogens with two attached hydrogens (primary N) is 1. The quantitative estimate of drug-likeness (QED) is 0.343. The van der Waals surface area contributed by atoms with Crippen molar-refractivity contribution in [3.63, 3.8) is 0 Å². The number of benzene rings is 2. The Labute approximate surface area is 158 Å². The van der Waals surface area contributed by atoms with Gasteiger partial charge >= 0.3 is 5.97 Å². The maximum absolute atomic E-state index is 12.0. The normalized spacial score (nSPS) is 10.3. The predicted octanol–water partition coefficient (Wildman–Crippen LogP) is 3.59. The monoisotopic (exact) mass is 397 g/mol. The van der Waals surface area contributed by atoms with E-state index < -0.39 is 29.1 Å². The van der Waals surface area contributed by atoms with Gasteiger partial charge in [-0.15, -0.1) is 0 Å². The van der Waals surface area contributed by atoms with E-state index in [9.17, 15) is 19.7 Å². The number of carbonyl (C=O) groups excluding carboxylic acids is 2. The maximum atomic E-state index is 12.0. The molecule has 2 aromatic carbocycles. The number of halogens is 2. The second-order valence-electron chi connectivity index (χ2n) is 5.21. The molecule has 0 spiro atoms. The van der Waals surface area contributed by atoms with Crippen molar-refractivity contribution >= 4 is 52.1 Å². The highest BCUT2D eigenvalue weighted by molar-refractivity contribution is 6.40. The van der Waals surface area contributed by atoms with Crippen molar-refractivity contribution in [1.82, 2.24) is 0 Å². The molecular weight excluding hydrogens is 385 g/mol. The smallest absolute Gasteiger partial charge is 0.338 e. The van der Waals surface area contributed by atoms with Gasteiger partial charge in [0.1, 0.15) is 5.69 Å². The number of hydrogen-bond donors (Lipinski definition) is 2. The minimum atomic E-state index is -0.912. The Morgan fingerprint density at radius 1 is 1.27 bits per heavy atom. The van der Waals surface area contributed by atoms with Crippen LogP contribution in [0.25, 0.3) is 0 Å². The number of rotatable bonds is 5. The molecule has 0 radical (unpaired) electrons. The summed E-state index contributed by atoms with van der Waals surface area (Å²) in [5, 5.41) is 13.8. The number of nitro groups is 1. The number of carbonyl (C=O) groups is 2. The Hall–Kier alpha value is -2.84. The van der Waals surface area contributed by atoms with E-state index in [-0.39, 0.29) is 27.0 Å². The van der Waals surface area contributed by atoms with Gasteiger partial charge in [-0.25, -0.2) is 4.79 Å². The number of amides is 1. The maximum Gasteiger partial charge on any atom is 0.338 e. The first-order chi connectivity index (χ1) is 12.2. The number of nitrogens with one attached hydrogen (secondary N) is 1. The summed E-state index contributed by atoms with van der Waals surface area (Å²) in [5.74, 6) is -1.58. The summed E-state index contributed by atoms with van der Waals surface area (Å²) in [6, 6.07) is 6.70. The number of anilines is 2. The highest BCUT2D eigenvalue weighted by Crippen LogP contribution is 2.32. The average molecular weight is 398 g/mol. The van der Waals surface area contributed by atoms with Crippen LogP contribution in [0.5, 0.6) is 0 Å². The molecule has 0 aromatic heterocycles. The second kappa shape index (κ2) is 8.03. The van der Waals surface area contributed by atoms with Crippen molar-refractivity contribution in [2.45, 2.75) is 6.92 Å². The van der Waals surface area contributed by atoms with Crippen LogP contribution in [0, 0.1) is 17.0 Å². The molecule has 2 rings (SSSR count). The minimum absolute atomic E-state index is 0.0898. The van der Waals surface area contributed by atoms with Gasteiger partial charge in [0.05, 0.1) is 26.2 Å². The van der Waals surface area contributed by atoms with E-state index in [4.69, 9.17) is 33.7 Å². The second-order valence-corrected chi connectivity index (χ2v) is 5.99. The van der Waals surface area contributed by atoms with Crippen molar-refractivity contribution in [1.29, 1.82) is 0 Å². The van der Waals surface area contributed by atoms with Crippen LogP contribution in [0.2, 0.25) is 10.0 Å². The molecule has 0 aliphatic heterocycles. The van der Waals surface area contributed by atoms with Crippen LogP contribution in [0.15, 0.2) is 30.3 Å². The number of nitro benzene ring substituents is 1. The summed E-state index contributed by atoms with van der Waals surface area (Å²) in [6.45, 7) is 1.11. The molecule has 26 heavy (non-hydrogen) atoms. The zero-order valence-electron chi connectivity index (χ0n) is 13.4. The molecule has 8 nitrogen and oxygen atoms in total. The van der Waals surface area contributed by atoms with Crippen LogP contribution in [0.1, 0.15) is 15.9 Å². The standard InChI is InChI=1S/C16H13Cl2N3O5/c1-8-2-4-10(17)15(14(8)18)20-13(22)7-26-16(23)9-3-5-11(19)12(6-9)21(24)25/h2-6H,7,19H2,1H3,(H,20,22). The molecule has 10 heteroatoms. The molecule has 0 heterocycles. The zero-order valence-corrected chi connectivity index (χ0v) is 14.9. The SMILES string of the molecule is Cc1ccc(Cl)c(NC(=O)COC(=O)c2ccc(N)c([N+](=O)[O-])c2)c1Cl. The summed E-state index contributed by atoms with van der Waals surface area (Å²) >= 11 is 12.1. The number of nitrogens with zero attached hydrogens (tertiary/aromatic N) is 1. The van der Waals surface area contributed by atoms with E-state index >= 15 is 0 Å². The molecule has 0 bridgehead atoms. The highest BCUT2D eigenvalue weighted by atomic mass is 35.5. The Kier molecular flexibility index (Phi) is 6.01. The van der Waals surface area contributed by atoms with Gasteiger partial charge in [-0.3, -0.25) is 14.9 Å². The first kappa shape index (κ1) is 19.5. The summed E-state index contributed by atoms with van der Waals surface area (Å²) in [7, 11) is 0. The van der Waals surface area contributed by atoms with Crippen LogP contribution in [0.4, 0.5) is 17.1 Å². The fourth-order valence-electron chi connectivity index (χ4n) is 1.99. The first-order valence-corrected chi connectivity index (χ1v) is 7.91. The highest BCUT2D eigenvalue weighted by Gasteiger charge is 2.18. The van der Waals surface area contributed by atoms with Crippen LogP contribution in [-0.4, -0.2) is 23.4 Å². The predicted molar refractivity (Wildman–Crippen MR) is 97.6 cm³/mol. The lowest BCUT2D eigenvalue weighted by molar-refractivity contribution is -0.383. The topological polar surface area (TPSA) is 125 Å². The largest absolute Gasteiger partial charge is 0.452 e. The number of hydrogen-bond acceptors (Lipinski definition) is 6. The molecule has 0 fully saturated rings. The van der Waals surface area contributed by atoms with Crippen LogP contribution in [0.3, 0.4) is 0 Å². The minimum Gasteiger partial charge on any atom is -0.452 e. The molecule has 1 amide bonds. The first-order valence-electron chi connectivity index (χ1n) is 7.16. The van der Waals surface area contributed by atoms with Gasteiger partial charge in [0, 0.05) is 6.07 Å². The molecule has 0 saturated heterocycles. The Morgan fingerprint density at radius 2 is 1.96 bits per heavy atom. The zero-order chi connectivity index (χ0) is 19.4. The van der Waals surface area contributed by atoms with Gasteiger partial charge in [0.15, 0.2) is 6.61 Å². The summed E-state index contributed by atoms with van der Waals surface area (Å²) in [4.78, 5) is 34.0. The van der Waals surface area contributed by atoms with Crippen molar-refractivity contribution in [3.05, 3.63) is 61.6 Å². The molecule has 0 aliphatic rings. The van der Waals surface area contributed by atoms with Gasteiger partial charge < -0.3 is 15.8 Å². The van der Waals surface area contributed by atoms with Gasteiger partial charge in [0.25, 0.3) is 11.6 Å². The third kappa shape index (κ3) is 4.41. The fraction of sp³-hybridized carbons (Fsp3) is 0.125. The van der Waals surface area contributed by atoms with Crippen molar-refractivity contribution in [3.8, 4) is 0 Å².